The normalized spacial score (nSPS) is 11.6. The zero-order valence-corrected chi connectivity index (χ0v) is 17.8. The van der Waals surface area contributed by atoms with Gasteiger partial charge in [-0.25, -0.2) is 0 Å². The molecule has 3 rings (SSSR count). The Kier molecular flexibility index (Phi) is 6.77. The molecule has 1 atom stereocenters. The third-order valence-corrected chi connectivity index (χ3v) is 5.87. The van der Waals surface area contributed by atoms with Crippen molar-refractivity contribution in [3.8, 4) is 17.2 Å². The maximum Gasteiger partial charge on any atom is 0.252 e. The largest absolute Gasteiger partial charge is 0.493 e. The summed E-state index contributed by atoms with van der Waals surface area (Å²) in [7, 11) is 4.61. The predicted molar refractivity (Wildman–Crippen MR) is 116 cm³/mol. The molecular formula is C23H25NO4S. The van der Waals surface area contributed by atoms with Crippen molar-refractivity contribution in [3.63, 3.8) is 0 Å². The summed E-state index contributed by atoms with van der Waals surface area (Å²) in [5.41, 5.74) is 2.78. The molecule has 1 N–H and O–H groups in total. The molecule has 5 nitrogen and oxygen atoms in total. The first-order chi connectivity index (χ1) is 14.1. The van der Waals surface area contributed by atoms with E-state index < -0.39 is 0 Å². The van der Waals surface area contributed by atoms with Crippen LogP contribution in [0.1, 0.15) is 32.4 Å². The van der Waals surface area contributed by atoms with E-state index in [1.165, 1.54) is 26.9 Å². The highest BCUT2D eigenvalue weighted by molar-refractivity contribution is 7.10. The number of benzene rings is 2. The zero-order valence-electron chi connectivity index (χ0n) is 17.0. The first kappa shape index (κ1) is 20.7. The van der Waals surface area contributed by atoms with Crippen LogP contribution in [-0.2, 0) is 6.42 Å². The fourth-order valence-electron chi connectivity index (χ4n) is 3.25. The fourth-order valence-corrected chi connectivity index (χ4v) is 4.23. The Morgan fingerprint density at radius 2 is 1.66 bits per heavy atom. The van der Waals surface area contributed by atoms with Crippen molar-refractivity contribution < 1.29 is 19.0 Å². The molecule has 6 heteroatoms. The molecule has 1 aromatic heterocycles. The third kappa shape index (κ3) is 4.71. The van der Waals surface area contributed by atoms with Crippen LogP contribution in [0.25, 0.3) is 0 Å². The van der Waals surface area contributed by atoms with Gasteiger partial charge >= 0.3 is 0 Å². The lowest BCUT2D eigenvalue weighted by molar-refractivity contribution is 0.0936. The van der Waals surface area contributed by atoms with Crippen molar-refractivity contribution in [2.75, 3.05) is 21.3 Å². The molecule has 0 bridgehead atoms. The second-order valence-electron chi connectivity index (χ2n) is 6.60. The molecule has 0 aliphatic heterocycles. The summed E-state index contributed by atoms with van der Waals surface area (Å²) in [4.78, 5) is 14.3. The Bertz CT molecular complexity index is 943. The molecule has 29 heavy (non-hydrogen) atoms. The second kappa shape index (κ2) is 9.47. The van der Waals surface area contributed by atoms with Crippen molar-refractivity contribution in [1.82, 2.24) is 5.32 Å². The number of methoxy groups -OCH3 is 3. The smallest absolute Gasteiger partial charge is 0.252 e. The van der Waals surface area contributed by atoms with Gasteiger partial charge in [-0.3, -0.25) is 4.79 Å². The number of carbonyl (C=O) groups is 1. The van der Waals surface area contributed by atoms with E-state index in [2.05, 4.69) is 30.4 Å². The maximum atomic E-state index is 13.1. The number of carbonyl (C=O) groups excluding carboxylic acids is 1. The van der Waals surface area contributed by atoms with Crippen molar-refractivity contribution in [2.45, 2.75) is 19.4 Å². The van der Waals surface area contributed by atoms with Crippen LogP contribution in [0.15, 0.2) is 53.9 Å². The lowest BCUT2D eigenvalue weighted by Crippen LogP contribution is -2.30. The number of hydrogen-bond donors (Lipinski definition) is 1. The monoisotopic (exact) mass is 411 g/mol. The average molecular weight is 412 g/mol. The van der Waals surface area contributed by atoms with Crippen LogP contribution in [0, 0.1) is 6.92 Å². The van der Waals surface area contributed by atoms with E-state index in [1.807, 2.05) is 23.6 Å². The van der Waals surface area contributed by atoms with E-state index >= 15 is 0 Å². The number of ether oxygens (including phenoxy) is 3. The zero-order chi connectivity index (χ0) is 20.8. The Morgan fingerprint density at radius 1 is 1.00 bits per heavy atom. The number of hydrogen-bond acceptors (Lipinski definition) is 5. The summed E-state index contributed by atoms with van der Waals surface area (Å²) in [6.07, 6.45) is 0.707. The van der Waals surface area contributed by atoms with Gasteiger partial charge in [-0.1, -0.05) is 30.3 Å². The molecule has 0 spiro atoms. The molecule has 1 unspecified atom stereocenters. The van der Waals surface area contributed by atoms with Gasteiger partial charge in [0, 0.05) is 10.4 Å². The van der Waals surface area contributed by atoms with Crippen LogP contribution < -0.4 is 19.5 Å². The van der Waals surface area contributed by atoms with Gasteiger partial charge in [0.2, 0.25) is 5.75 Å². The molecule has 0 aliphatic carbocycles. The van der Waals surface area contributed by atoms with Crippen LogP contribution in [-0.4, -0.2) is 27.2 Å². The fraction of sp³-hybridized carbons (Fsp3) is 0.261. The van der Waals surface area contributed by atoms with Crippen LogP contribution in [0.3, 0.4) is 0 Å². The van der Waals surface area contributed by atoms with E-state index in [-0.39, 0.29) is 11.9 Å². The predicted octanol–water partition coefficient (Wildman–Crippen LogP) is 4.80. The Hall–Kier alpha value is -2.99. The van der Waals surface area contributed by atoms with Gasteiger partial charge in [0.25, 0.3) is 5.91 Å². The van der Waals surface area contributed by atoms with Crippen LogP contribution in [0.4, 0.5) is 0 Å². The van der Waals surface area contributed by atoms with Crippen LogP contribution >= 0.6 is 11.3 Å². The van der Waals surface area contributed by atoms with Gasteiger partial charge < -0.3 is 19.5 Å². The minimum Gasteiger partial charge on any atom is -0.493 e. The number of rotatable bonds is 8. The highest BCUT2D eigenvalue weighted by Gasteiger charge is 2.22. The van der Waals surface area contributed by atoms with Gasteiger partial charge in [0.15, 0.2) is 11.5 Å². The lowest BCUT2D eigenvalue weighted by Gasteiger charge is -2.20. The molecule has 2 aromatic carbocycles. The molecular weight excluding hydrogens is 386 g/mol. The van der Waals surface area contributed by atoms with Gasteiger partial charge in [-0.05, 0) is 48.1 Å². The van der Waals surface area contributed by atoms with Crippen LogP contribution in [0.5, 0.6) is 17.2 Å². The standard InChI is InChI=1S/C23H25NO4S/c1-15-10-11-29-22(15)18(12-16-8-6-5-7-9-16)24-23(25)17-13-19(26-2)21(28-4)20(14-17)27-3/h5-11,13-14,18H,12H2,1-4H3,(H,24,25). The molecule has 0 aliphatic rings. The topological polar surface area (TPSA) is 56.8 Å². The molecule has 1 amide bonds. The molecule has 0 saturated heterocycles. The summed E-state index contributed by atoms with van der Waals surface area (Å²) in [6, 6.07) is 15.4. The summed E-state index contributed by atoms with van der Waals surface area (Å²) in [6.45, 7) is 2.06. The van der Waals surface area contributed by atoms with Gasteiger partial charge in [0.05, 0.1) is 27.4 Å². The Morgan fingerprint density at radius 3 is 2.17 bits per heavy atom. The van der Waals surface area contributed by atoms with Gasteiger partial charge in [-0.15, -0.1) is 11.3 Å². The highest BCUT2D eigenvalue weighted by atomic mass is 32.1. The van der Waals surface area contributed by atoms with E-state index in [9.17, 15) is 4.79 Å². The summed E-state index contributed by atoms with van der Waals surface area (Å²) in [5.74, 6) is 1.16. The van der Waals surface area contributed by atoms with Crippen molar-refractivity contribution in [1.29, 1.82) is 0 Å². The number of aryl methyl sites for hydroxylation is 1. The third-order valence-electron chi connectivity index (χ3n) is 4.73. The molecule has 3 aromatic rings. The quantitative estimate of drug-likeness (QED) is 0.579. The van der Waals surface area contributed by atoms with E-state index in [0.29, 0.717) is 29.2 Å². The van der Waals surface area contributed by atoms with Gasteiger partial charge in [0.1, 0.15) is 0 Å². The van der Waals surface area contributed by atoms with E-state index in [1.54, 1.807) is 23.5 Å². The van der Waals surface area contributed by atoms with Crippen molar-refractivity contribution in [3.05, 3.63) is 75.5 Å². The van der Waals surface area contributed by atoms with E-state index in [0.717, 1.165) is 10.4 Å². The lowest BCUT2D eigenvalue weighted by atomic mass is 10.0. The summed E-state index contributed by atoms with van der Waals surface area (Å²) < 4.78 is 16.1. The number of thiophene rings is 1. The average Bonchev–Trinajstić information content (AvgIpc) is 3.18. The Balaban J connectivity index is 1.91. The molecule has 0 radical (unpaired) electrons. The summed E-state index contributed by atoms with van der Waals surface area (Å²) in [5, 5.41) is 5.23. The van der Waals surface area contributed by atoms with Gasteiger partial charge in [-0.2, -0.15) is 0 Å². The molecule has 0 saturated carbocycles. The maximum absolute atomic E-state index is 13.1. The minimum absolute atomic E-state index is 0.135. The van der Waals surface area contributed by atoms with Crippen LogP contribution in [0.2, 0.25) is 0 Å². The SMILES string of the molecule is COc1cc(C(=O)NC(Cc2ccccc2)c2sccc2C)cc(OC)c1OC. The number of nitrogens with one attached hydrogen (secondary N) is 1. The Labute approximate surface area is 175 Å². The van der Waals surface area contributed by atoms with Crippen molar-refractivity contribution in [2.24, 2.45) is 0 Å². The summed E-state index contributed by atoms with van der Waals surface area (Å²) >= 11 is 1.65. The minimum atomic E-state index is -0.196. The first-order valence-electron chi connectivity index (χ1n) is 9.26. The molecule has 0 fully saturated rings. The number of amides is 1. The molecule has 1 heterocycles. The molecule has 152 valence electrons. The van der Waals surface area contributed by atoms with E-state index in [4.69, 9.17) is 14.2 Å². The highest BCUT2D eigenvalue weighted by Crippen LogP contribution is 2.38. The first-order valence-corrected chi connectivity index (χ1v) is 10.1. The second-order valence-corrected chi connectivity index (χ2v) is 7.55. The van der Waals surface area contributed by atoms with Crippen molar-refractivity contribution >= 4 is 17.2 Å².